The van der Waals surface area contributed by atoms with Crippen LogP contribution in [0.25, 0.3) is 0 Å². The van der Waals surface area contributed by atoms with E-state index in [-0.39, 0.29) is 0 Å². The molecule has 0 bridgehead atoms. The van der Waals surface area contributed by atoms with Crippen molar-refractivity contribution in [1.29, 1.82) is 0 Å². The standard InChI is InChI=1S/C8H6NS/c10-7-9-6-8-4-2-1-3-5-8/h1-6H/q+1. The first-order chi connectivity index (χ1) is 4.93. The van der Waals surface area contributed by atoms with Crippen molar-refractivity contribution in [2.75, 3.05) is 0 Å². The summed E-state index contributed by atoms with van der Waals surface area (Å²) in [7, 11) is 0. The SMILES string of the molecule is S=C=[N+]=Cc1ccccc1. The average Bonchev–Trinajstić information content (AvgIpc) is 2.03. The fourth-order valence-corrected chi connectivity index (χ4v) is 0.693. The average molecular weight is 148 g/mol. The third-order valence-corrected chi connectivity index (χ3v) is 1.17. The zero-order valence-electron chi connectivity index (χ0n) is 5.32. The van der Waals surface area contributed by atoms with Crippen LogP contribution in [0.2, 0.25) is 0 Å². The van der Waals surface area contributed by atoms with Crippen LogP contribution in [0.5, 0.6) is 0 Å². The molecule has 0 unspecified atom stereocenters. The highest BCUT2D eigenvalue weighted by molar-refractivity contribution is 7.78. The highest BCUT2D eigenvalue weighted by Crippen LogP contribution is 1.91. The van der Waals surface area contributed by atoms with Crippen LogP contribution in [-0.2, 0) is 0 Å². The normalized spacial score (nSPS) is 7.60. The second kappa shape index (κ2) is 3.76. The molecule has 2 heteroatoms. The van der Waals surface area contributed by atoms with Crippen molar-refractivity contribution in [2.45, 2.75) is 0 Å². The van der Waals surface area contributed by atoms with Gasteiger partial charge in [0, 0.05) is 0 Å². The molecule has 1 aromatic carbocycles. The molecule has 48 valence electrons. The summed E-state index contributed by atoms with van der Waals surface area (Å²) in [5.41, 5.74) is 1.04. The molecular formula is C8H6NS+. The van der Waals surface area contributed by atoms with E-state index in [1.165, 1.54) is 0 Å². The van der Waals surface area contributed by atoms with Gasteiger partial charge in [-0.2, -0.15) is 0 Å². The number of hydrogen-bond acceptors (Lipinski definition) is 1. The molecule has 0 spiro atoms. The maximum Gasteiger partial charge on any atom is 0.393 e. The molecule has 0 heterocycles. The molecule has 0 atom stereocenters. The maximum atomic E-state index is 4.40. The summed E-state index contributed by atoms with van der Waals surface area (Å²) >= 11 is 4.40. The van der Waals surface area contributed by atoms with Crippen LogP contribution in [0.4, 0.5) is 0 Å². The molecule has 0 amide bonds. The molecule has 0 aliphatic heterocycles. The lowest BCUT2D eigenvalue weighted by atomic mass is 10.2. The summed E-state index contributed by atoms with van der Waals surface area (Å²) in [4.78, 5) is 0. The van der Waals surface area contributed by atoms with Crippen molar-refractivity contribution >= 4 is 23.6 Å². The van der Waals surface area contributed by atoms with Crippen LogP contribution in [0.3, 0.4) is 0 Å². The smallest absolute Gasteiger partial charge is 0.0622 e. The van der Waals surface area contributed by atoms with E-state index in [1.54, 1.807) is 6.21 Å². The topological polar surface area (TPSA) is 14.1 Å². The monoisotopic (exact) mass is 148 g/mol. The summed E-state index contributed by atoms with van der Waals surface area (Å²) in [6.45, 7) is 0. The molecule has 0 radical (unpaired) electrons. The predicted molar refractivity (Wildman–Crippen MR) is 46.3 cm³/mol. The van der Waals surface area contributed by atoms with Crippen molar-refractivity contribution in [3.63, 3.8) is 0 Å². The van der Waals surface area contributed by atoms with Gasteiger partial charge in [0.25, 0.3) is 0 Å². The van der Waals surface area contributed by atoms with Crippen LogP contribution in [0, 0.1) is 0 Å². The van der Waals surface area contributed by atoms with Crippen molar-refractivity contribution in [1.82, 2.24) is 4.67 Å². The van der Waals surface area contributed by atoms with Gasteiger partial charge < -0.3 is 0 Å². The summed E-state index contributed by atoms with van der Waals surface area (Å²) in [6.07, 6.45) is 1.67. The first-order valence-corrected chi connectivity index (χ1v) is 3.29. The van der Waals surface area contributed by atoms with Gasteiger partial charge in [-0.25, -0.2) is 0 Å². The van der Waals surface area contributed by atoms with Crippen molar-refractivity contribution in [2.24, 2.45) is 0 Å². The van der Waals surface area contributed by atoms with Gasteiger partial charge in [0.2, 0.25) is 0 Å². The van der Waals surface area contributed by atoms with E-state index in [0.717, 1.165) is 5.56 Å². The number of hydrogen-bond donors (Lipinski definition) is 0. The lowest BCUT2D eigenvalue weighted by Gasteiger charge is -1.79. The Kier molecular flexibility index (Phi) is 2.60. The van der Waals surface area contributed by atoms with Gasteiger partial charge in [0.15, 0.2) is 0 Å². The van der Waals surface area contributed by atoms with Crippen molar-refractivity contribution < 1.29 is 0 Å². The van der Waals surface area contributed by atoms with E-state index in [1.807, 2.05) is 30.3 Å². The third-order valence-electron chi connectivity index (χ3n) is 1.07. The molecule has 10 heavy (non-hydrogen) atoms. The molecule has 0 aliphatic rings. The molecule has 1 aromatic rings. The van der Waals surface area contributed by atoms with Gasteiger partial charge in [-0.05, 0) is 16.8 Å². The highest BCUT2D eigenvalue weighted by Gasteiger charge is 1.87. The molecular weight excluding hydrogens is 142 g/mol. The largest absolute Gasteiger partial charge is 0.393 e. The van der Waals surface area contributed by atoms with Crippen LogP contribution >= 0.6 is 12.2 Å². The van der Waals surface area contributed by atoms with E-state index in [2.05, 4.69) is 22.0 Å². The minimum atomic E-state index is 1.04. The Bertz CT molecular complexity index is 279. The Morgan fingerprint density at radius 1 is 1.30 bits per heavy atom. The van der Waals surface area contributed by atoms with E-state index < -0.39 is 0 Å². The minimum absolute atomic E-state index is 1.04. The second-order valence-electron chi connectivity index (χ2n) is 1.76. The molecule has 0 aromatic heterocycles. The Morgan fingerprint density at radius 3 is 2.60 bits per heavy atom. The Morgan fingerprint density at radius 2 is 2.00 bits per heavy atom. The third kappa shape index (κ3) is 1.96. The zero-order valence-corrected chi connectivity index (χ0v) is 6.14. The lowest BCUT2D eigenvalue weighted by Crippen LogP contribution is -1.80. The molecule has 0 aliphatic carbocycles. The van der Waals surface area contributed by atoms with Gasteiger partial charge in [-0.15, -0.1) is 0 Å². The highest BCUT2D eigenvalue weighted by atomic mass is 32.1. The van der Waals surface area contributed by atoms with Crippen molar-refractivity contribution in [3.05, 3.63) is 35.9 Å². The number of rotatable bonds is 1. The number of thiocarbonyl (C=S) groups is 1. The van der Waals surface area contributed by atoms with Crippen LogP contribution in [0.1, 0.15) is 5.56 Å². The molecule has 0 N–H and O–H groups in total. The Labute approximate surface area is 64.8 Å². The summed E-state index contributed by atoms with van der Waals surface area (Å²) in [6, 6.07) is 9.76. The van der Waals surface area contributed by atoms with Gasteiger partial charge in [0.05, 0.1) is 17.8 Å². The molecule has 0 saturated carbocycles. The summed E-state index contributed by atoms with van der Waals surface area (Å²) < 4.78 is 3.68. The molecule has 0 fully saturated rings. The van der Waals surface area contributed by atoms with E-state index in [4.69, 9.17) is 0 Å². The van der Waals surface area contributed by atoms with Crippen LogP contribution < -0.4 is 4.67 Å². The zero-order chi connectivity index (χ0) is 7.23. The number of isothiocyanates is 1. The Balaban J connectivity index is 2.97. The van der Waals surface area contributed by atoms with Crippen LogP contribution in [0.15, 0.2) is 30.3 Å². The van der Waals surface area contributed by atoms with Gasteiger partial charge >= 0.3 is 11.4 Å². The summed E-state index contributed by atoms with van der Waals surface area (Å²) in [5.74, 6) is 0. The fraction of sp³-hybridized carbons (Fsp3) is 0. The van der Waals surface area contributed by atoms with E-state index in [0.29, 0.717) is 0 Å². The fourth-order valence-electron chi connectivity index (χ4n) is 0.640. The van der Waals surface area contributed by atoms with Crippen molar-refractivity contribution in [3.8, 4) is 0 Å². The predicted octanol–water partition coefficient (Wildman–Crippen LogP) is 1.28. The summed E-state index contributed by atoms with van der Waals surface area (Å²) in [5, 5.41) is 2.27. The maximum absolute atomic E-state index is 4.40. The van der Waals surface area contributed by atoms with E-state index in [9.17, 15) is 0 Å². The number of benzene rings is 1. The van der Waals surface area contributed by atoms with E-state index >= 15 is 0 Å². The molecule has 1 rings (SSSR count). The lowest BCUT2D eigenvalue weighted by molar-refractivity contribution is 1.64. The second-order valence-corrected chi connectivity index (χ2v) is 1.94. The minimum Gasteiger partial charge on any atom is -0.0622 e. The van der Waals surface area contributed by atoms with Gasteiger partial charge in [0.1, 0.15) is 0 Å². The van der Waals surface area contributed by atoms with Gasteiger partial charge in [-0.1, -0.05) is 18.2 Å². The van der Waals surface area contributed by atoms with Crippen LogP contribution in [-0.4, -0.2) is 11.4 Å². The molecule has 0 saturated heterocycles. The van der Waals surface area contributed by atoms with Gasteiger partial charge in [-0.3, -0.25) is 0 Å². The number of nitrogens with zero attached hydrogens (tertiary/aromatic N) is 1. The Hall–Kier alpha value is -1.20. The first-order valence-electron chi connectivity index (χ1n) is 2.89. The quantitative estimate of drug-likeness (QED) is 0.332. The first kappa shape index (κ1) is 6.91. The molecule has 1 nitrogen and oxygen atoms in total.